The Morgan fingerprint density at radius 3 is 2.66 bits per heavy atom. The molecule has 3 unspecified atom stereocenters. The van der Waals surface area contributed by atoms with Crippen LogP contribution in [0.1, 0.15) is 37.8 Å². The lowest BCUT2D eigenvalue weighted by Gasteiger charge is -2.16. The third kappa shape index (κ3) is 4.45. The molecular formula is C24H27N3O2. The quantitative estimate of drug-likeness (QED) is 0.584. The van der Waals surface area contributed by atoms with Gasteiger partial charge in [-0.1, -0.05) is 50.1 Å². The van der Waals surface area contributed by atoms with E-state index in [1.807, 2.05) is 19.1 Å². The normalized spacial score (nSPS) is 23.9. The number of nitrogens with zero attached hydrogens (tertiary/aromatic N) is 2. The average molecular weight is 389 g/mol. The van der Waals surface area contributed by atoms with E-state index < -0.39 is 5.97 Å². The molecule has 0 radical (unpaired) electrons. The van der Waals surface area contributed by atoms with E-state index in [1.165, 1.54) is 11.1 Å². The van der Waals surface area contributed by atoms with Crippen molar-refractivity contribution in [1.29, 1.82) is 0 Å². The van der Waals surface area contributed by atoms with Gasteiger partial charge in [0.25, 0.3) is 0 Å². The van der Waals surface area contributed by atoms with Crippen LogP contribution >= 0.6 is 0 Å². The molecule has 29 heavy (non-hydrogen) atoms. The summed E-state index contributed by atoms with van der Waals surface area (Å²) in [7, 11) is 0. The monoisotopic (exact) mass is 389 g/mol. The van der Waals surface area contributed by atoms with Gasteiger partial charge in [-0.15, -0.1) is 0 Å². The van der Waals surface area contributed by atoms with E-state index in [2.05, 4.69) is 41.1 Å². The Bertz CT molecular complexity index is 922. The summed E-state index contributed by atoms with van der Waals surface area (Å²) in [6.07, 6.45) is 15.5. The second-order valence-corrected chi connectivity index (χ2v) is 7.32. The summed E-state index contributed by atoms with van der Waals surface area (Å²) in [6, 6.07) is 0.112. The van der Waals surface area contributed by atoms with Crippen molar-refractivity contribution in [1.82, 2.24) is 9.97 Å². The van der Waals surface area contributed by atoms with E-state index in [-0.39, 0.29) is 17.9 Å². The molecule has 0 aliphatic heterocycles. The van der Waals surface area contributed by atoms with Crippen molar-refractivity contribution >= 4 is 11.8 Å². The van der Waals surface area contributed by atoms with Crippen LogP contribution in [0.15, 0.2) is 84.8 Å². The fraction of sp³-hybridized carbons (Fsp3) is 0.292. The third-order valence-corrected chi connectivity index (χ3v) is 5.46. The fourth-order valence-electron chi connectivity index (χ4n) is 3.84. The molecule has 5 nitrogen and oxygen atoms in total. The maximum atomic E-state index is 11.0. The Kier molecular flexibility index (Phi) is 6.27. The Labute approximate surface area is 172 Å². The summed E-state index contributed by atoms with van der Waals surface area (Å²) in [5.74, 6) is -0.407. The molecule has 0 amide bonds. The summed E-state index contributed by atoms with van der Waals surface area (Å²) in [5.41, 5.74) is 5.08. The topological polar surface area (TPSA) is 75.1 Å². The molecule has 1 heterocycles. The summed E-state index contributed by atoms with van der Waals surface area (Å²) >= 11 is 0. The van der Waals surface area contributed by atoms with Gasteiger partial charge in [-0.25, -0.2) is 4.98 Å². The van der Waals surface area contributed by atoms with E-state index in [1.54, 1.807) is 24.5 Å². The van der Waals surface area contributed by atoms with Crippen molar-refractivity contribution in [2.75, 3.05) is 5.32 Å². The molecule has 1 saturated carbocycles. The molecule has 0 spiro atoms. The lowest BCUT2D eigenvalue weighted by Crippen LogP contribution is -2.19. The van der Waals surface area contributed by atoms with Crippen molar-refractivity contribution in [2.45, 2.75) is 38.1 Å². The van der Waals surface area contributed by atoms with E-state index in [0.717, 1.165) is 29.7 Å². The van der Waals surface area contributed by atoms with Gasteiger partial charge in [-0.05, 0) is 48.5 Å². The zero-order valence-corrected chi connectivity index (χ0v) is 16.8. The molecule has 2 N–H and O–H groups in total. The maximum Gasteiger partial charge on any atom is 0.307 e. The van der Waals surface area contributed by atoms with Crippen LogP contribution in [0.25, 0.3) is 0 Å². The number of carboxylic acids is 1. The van der Waals surface area contributed by atoms with Gasteiger partial charge in [-0.3, -0.25) is 9.78 Å². The SMILES string of the molecule is C=C/C=C(\C=C)C(=C)C1=C(/C=C\C)C(Nc2cnc(C3CC3C(=O)O)cn2)CC1. The maximum absolute atomic E-state index is 11.0. The number of nitrogens with one attached hydrogen (secondary N) is 1. The van der Waals surface area contributed by atoms with E-state index >= 15 is 0 Å². The largest absolute Gasteiger partial charge is 0.481 e. The van der Waals surface area contributed by atoms with Gasteiger partial charge in [0.2, 0.25) is 0 Å². The fourth-order valence-corrected chi connectivity index (χ4v) is 3.84. The van der Waals surface area contributed by atoms with Crippen molar-refractivity contribution in [3.05, 3.63) is 90.5 Å². The van der Waals surface area contributed by atoms with Crippen molar-refractivity contribution < 1.29 is 9.90 Å². The molecule has 1 fully saturated rings. The highest BCUT2D eigenvalue weighted by Crippen LogP contribution is 2.46. The van der Waals surface area contributed by atoms with E-state index in [9.17, 15) is 4.79 Å². The molecule has 0 bridgehead atoms. The molecule has 2 aliphatic carbocycles. The highest BCUT2D eigenvalue weighted by Gasteiger charge is 2.45. The number of carbonyl (C=O) groups is 1. The van der Waals surface area contributed by atoms with Crippen LogP contribution in [0.5, 0.6) is 0 Å². The molecule has 0 aromatic carbocycles. The number of aromatic nitrogens is 2. The van der Waals surface area contributed by atoms with E-state index in [0.29, 0.717) is 12.2 Å². The molecule has 2 aliphatic rings. The number of carboxylic acid groups (broad SMARTS) is 1. The molecule has 1 aromatic heterocycles. The van der Waals surface area contributed by atoms with Crippen LogP contribution in [-0.4, -0.2) is 27.1 Å². The predicted octanol–water partition coefficient (Wildman–Crippen LogP) is 4.97. The molecule has 5 heteroatoms. The number of aliphatic carboxylic acids is 1. The highest BCUT2D eigenvalue weighted by molar-refractivity contribution is 5.75. The minimum atomic E-state index is -0.761. The predicted molar refractivity (Wildman–Crippen MR) is 117 cm³/mol. The Morgan fingerprint density at radius 2 is 2.10 bits per heavy atom. The van der Waals surface area contributed by atoms with Gasteiger partial charge in [0.05, 0.1) is 30.0 Å². The zero-order valence-electron chi connectivity index (χ0n) is 16.8. The van der Waals surface area contributed by atoms with Crippen LogP contribution in [0, 0.1) is 5.92 Å². The van der Waals surface area contributed by atoms with Crippen molar-refractivity contribution in [3.63, 3.8) is 0 Å². The van der Waals surface area contributed by atoms with Gasteiger partial charge in [-0.2, -0.15) is 0 Å². The molecule has 3 atom stereocenters. The number of hydrogen-bond donors (Lipinski definition) is 2. The van der Waals surface area contributed by atoms with Crippen LogP contribution in [0.2, 0.25) is 0 Å². The lowest BCUT2D eigenvalue weighted by molar-refractivity contribution is -0.138. The van der Waals surface area contributed by atoms with Gasteiger partial charge in [0.1, 0.15) is 5.82 Å². The lowest BCUT2D eigenvalue weighted by atomic mass is 9.95. The first-order valence-corrected chi connectivity index (χ1v) is 9.82. The van der Waals surface area contributed by atoms with Crippen LogP contribution in [0.4, 0.5) is 5.82 Å². The Hall–Kier alpha value is -3.21. The molecule has 0 saturated heterocycles. The second-order valence-electron chi connectivity index (χ2n) is 7.32. The minimum absolute atomic E-state index is 0.0112. The smallest absolute Gasteiger partial charge is 0.307 e. The number of rotatable bonds is 9. The summed E-state index contributed by atoms with van der Waals surface area (Å²) in [4.78, 5) is 19.9. The number of anilines is 1. The first-order valence-electron chi connectivity index (χ1n) is 9.82. The number of hydrogen-bond acceptors (Lipinski definition) is 4. The van der Waals surface area contributed by atoms with E-state index in [4.69, 9.17) is 5.11 Å². The number of allylic oxidation sites excluding steroid dienone is 7. The second kappa shape index (κ2) is 8.86. The van der Waals surface area contributed by atoms with Crippen molar-refractivity contribution in [2.24, 2.45) is 5.92 Å². The minimum Gasteiger partial charge on any atom is -0.481 e. The summed E-state index contributed by atoms with van der Waals surface area (Å²) < 4.78 is 0. The first kappa shape index (κ1) is 20.5. The van der Waals surface area contributed by atoms with Crippen LogP contribution < -0.4 is 5.32 Å². The van der Waals surface area contributed by atoms with Gasteiger partial charge >= 0.3 is 5.97 Å². The Morgan fingerprint density at radius 1 is 1.31 bits per heavy atom. The standard InChI is InChI=1S/C24H27N3O2/c1-5-8-16(7-3)15(4)17-10-11-21(18(17)9-6-2)27-23-14-25-22(13-26-23)19-12-20(19)24(28)29/h5-9,13-14,19-21H,1,3-4,10-12H2,2H3,(H,26,27)(H,28,29)/b9-6-,16-8+. The zero-order chi connectivity index (χ0) is 21.0. The molecule has 150 valence electrons. The van der Waals surface area contributed by atoms with Gasteiger partial charge in [0.15, 0.2) is 0 Å². The first-order chi connectivity index (χ1) is 14.0. The molecule has 3 rings (SSSR count). The molecule has 1 aromatic rings. The summed E-state index contributed by atoms with van der Waals surface area (Å²) in [6.45, 7) is 13.9. The highest BCUT2D eigenvalue weighted by atomic mass is 16.4. The van der Waals surface area contributed by atoms with Crippen molar-refractivity contribution in [3.8, 4) is 0 Å². The van der Waals surface area contributed by atoms with Crippen LogP contribution in [-0.2, 0) is 4.79 Å². The Balaban J connectivity index is 1.77. The van der Waals surface area contributed by atoms with Crippen LogP contribution in [0.3, 0.4) is 0 Å². The van der Waals surface area contributed by atoms with Gasteiger partial charge in [0, 0.05) is 5.92 Å². The summed E-state index contributed by atoms with van der Waals surface area (Å²) in [5, 5.41) is 12.5. The van der Waals surface area contributed by atoms with Gasteiger partial charge < -0.3 is 10.4 Å². The third-order valence-electron chi connectivity index (χ3n) is 5.46. The molecular weight excluding hydrogens is 362 g/mol. The average Bonchev–Trinajstić information content (AvgIpc) is 3.44.